The van der Waals surface area contributed by atoms with Crippen molar-refractivity contribution in [3.63, 3.8) is 0 Å². The average Bonchev–Trinajstić information content (AvgIpc) is 3.20. The molecule has 0 fully saturated rings. The van der Waals surface area contributed by atoms with Gasteiger partial charge in [-0.2, -0.15) is 0 Å². The van der Waals surface area contributed by atoms with Gasteiger partial charge < -0.3 is 9.32 Å². The molecular formula is C17H17BrN4O2S2. The van der Waals surface area contributed by atoms with Gasteiger partial charge in [0.25, 0.3) is 11.1 Å². The van der Waals surface area contributed by atoms with E-state index in [1.807, 2.05) is 38.1 Å². The maximum absolute atomic E-state index is 12.3. The molecule has 0 aliphatic heterocycles. The molecule has 9 heteroatoms. The van der Waals surface area contributed by atoms with Crippen molar-refractivity contribution in [2.75, 3.05) is 12.8 Å². The molecule has 1 amide bonds. The Kier molecular flexibility index (Phi) is 6.10. The zero-order valence-corrected chi connectivity index (χ0v) is 17.7. The van der Waals surface area contributed by atoms with Crippen molar-refractivity contribution in [1.29, 1.82) is 0 Å². The summed E-state index contributed by atoms with van der Waals surface area (Å²) in [5.74, 6) is 0.698. The molecule has 1 aromatic carbocycles. The molecule has 0 N–H and O–H groups in total. The molecule has 26 heavy (non-hydrogen) atoms. The van der Waals surface area contributed by atoms with Gasteiger partial charge in [-0.15, -0.1) is 21.5 Å². The molecule has 0 aliphatic carbocycles. The molecule has 3 rings (SSSR count). The maximum atomic E-state index is 12.3. The number of benzene rings is 1. The minimum Gasteiger partial charge on any atom is -0.410 e. The van der Waals surface area contributed by atoms with Gasteiger partial charge in [0.05, 0.1) is 16.5 Å². The first-order valence-corrected chi connectivity index (χ1v) is 10.4. The molecule has 0 saturated heterocycles. The Hall–Kier alpha value is -1.71. The summed E-state index contributed by atoms with van der Waals surface area (Å²) in [6.07, 6.45) is 0. The largest absolute Gasteiger partial charge is 0.410 e. The first-order chi connectivity index (χ1) is 12.4. The zero-order chi connectivity index (χ0) is 18.7. The predicted octanol–water partition coefficient (Wildman–Crippen LogP) is 4.32. The summed E-state index contributed by atoms with van der Waals surface area (Å²) in [7, 11) is 1.79. The van der Waals surface area contributed by atoms with Crippen molar-refractivity contribution in [2.24, 2.45) is 0 Å². The highest BCUT2D eigenvalue weighted by molar-refractivity contribution is 9.10. The Morgan fingerprint density at radius 2 is 2.00 bits per heavy atom. The number of carbonyl (C=O) groups is 1. The minimum atomic E-state index is 0.00230. The van der Waals surface area contributed by atoms with Gasteiger partial charge in [0.2, 0.25) is 5.91 Å². The highest BCUT2D eigenvalue weighted by Gasteiger charge is 2.17. The third-order valence-electron chi connectivity index (χ3n) is 3.58. The second kappa shape index (κ2) is 8.32. The highest BCUT2D eigenvalue weighted by atomic mass is 79.9. The molecule has 0 atom stereocenters. The summed E-state index contributed by atoms with van der Waals surface area (Å²) in [5, 5.41) is 9.42. The number of thioether (sulfide) groups is 1. The van der Waals surface area contributed by atoms with Gasteiger partial charge in [0.15, 0.2) is 0 Å². The SMILES string of the molecule is Cc1nc(C)c(-c2nnc(SCC(=O)N(C)Cc3ccc(Br)cc3)o2)s1. The number of hydrogen-bond acceptors (Lipinski definition) is 7. The van der Waals surface area contributed by atoms with E-state index in [1.165, 1.54) is 23.1 Å². The molecule has 136 valence electrons. The lowest BCUT2D eigenvalue weighted by atomic mass is 10.2. The van der Waals surface area contributed by atoms with Crippen LogP contribution in [0.15, 0.2) is 38.4 Å². The number of amides is 1. The Bertz CT molecular complexity index is 908. The number of aryl methyl sites for hydroxylation is 2. The standard InChI is InChI=1S/C17H17BrN4O2S2/c1-10-15(26-11(2)19-10)16-20-21-17(24-16)25-9-14(23)22(3)8-12-4-6-13(18)7-5-12/h4-7H,8-9H2,1-3H3. The van der Waals surface area contributed by atoms with Crippen LogP contribution >= 0.6 is 39.0 Å². The van der Waals surface area contributed by atoms with Crippen LogP contribution < -0.4 is 0 Å². The number of aromatic nitrogens is 3. The minimum absolute atomic E-state index is 0.00230. The molecular weight excluding hydrogens is 436 g/mol. The van der Waals surface area contributed by atoms with Gasteiger partial charge in [0, 0.05) is 18.1 Å². The van der Waals surface area contributed by atoms with E-state index in [4.69, 9.17) is 4.42 Å². The third kappa shape index (κ3) is 4.72. The second-order valence-corrected chi connectivity index (χ2v) is 8.73. The van der Waals surface area contributed by atoms with Crippen LogP contribution in [-0.2, 0) is 11.3 Å². The van der Waals surface area contributed by atoms with Gasteiger partial charge in [-0.25, -0.2) is 4.98 Å². The number of halogens is 1. The van der Waals surface area contributed by atoms with E-state index in [9.17, 15) is 4.79 Å². The fourth-order valence-corrected chi connectivity index (χ4v) is 4.08. The first-order valence-electron chi connectivity index (χ1n) is 7.81. The summed E-state index contributed by atoms with van der Waals surface area (Å²) >= 11 is 6.17. The smallest absolute Gasteiger partial charge is 0.277 e. The van der Waals surface area contributed by atoms with Crippen LogP contribution in [0.5, 0.6) is 0 Å². The van der Waals surface area contributed by atoms with Crippen LogP contribution in [0, 0.1) is 13.8 Å². The lowest BCUT2D eigenvalue weighted by Crippen LogP contribution is -2.27. The molecule has 0 saturated carbocycles. The topological polar surface area (TPSA) is 72.1 Å². The first kappa shape index (κ1) is 19.1. The number of thiazole rings is 1. The van der Waals surface area contributed by atoms with Gasteiger partial charge in [-0.1, -0.05) is 39.8 Å². The van der Waals surface area contributed by atoms with Gasteiger partial charge in [-0.3, -0.25) is 4.79 Å². The molecule has 3 aromatic rings. The van der Waals surface area contributed by atoms with Crippen LogP contribution in [0.25, 0.3) is 10.8 Å². The van der Waals surface area contributed by atoms with E-state index in [1.54, 1.807) is 11.9 Å². The van der Waals surface area contributed by atoms with Crippen LogP contribution in [-0.4, -0.2) is 38.8 Å². The highest BCUT2D eigenvalue weighted by Crippen LogP contribution is 2.30. The molecule has 0 radical (unpaired) electrons. The van der Waals surface area contributed by atoms with Crippen molar-refractivity contribution in [3.05, 3.63) is 45.0 Å². The quantitative estimate of drug-likeness (QED) is 0.518. The van der Waals surface area contributed by atoms with E-state index in [0.717, 1.165) is 25.6 Å². The second-order valence-electron chi connectivity index (χ2n) is 5.69. The van der Waals surface area contributed by atoms with Crippen molar-refractivity contribution < 1.29 is 9.21 Å². The zero-order valence-electron chi connectivity index (χ0n) is 14.5. The van der Waals surface area contributed by atoms with E-state index < -0.39 is 0 Å². The molecule has 2 aromatic heterocycles. The maximum Gasteiger partial charge on any atom is 0.277 e. The molecule has 0 bridgehead atoms. The molecule has 6 nitrogen and oxygen atoms in total. The number of nitrogens with zero attached hydrogens (tertiary/aromatic N) is 4. The van der Waals surface area contributed by atoms with Crippen molar-refractivity contribution in [2.45, 2.75) is 25.6 Å². The van der Waals surface area contributed by atoms with Crippen molar-refractivity contribution in [3.8, 4) is 10.8 Å². The average molecular weight is 453 g/mol. The Morgan fingerprint density at radius 3 is 2.65 bits per heavy atom. The predicted molar refractivity (Wildman–Crippen MR) is 106 cm³/mol. The summed E-state index contributed by atoms with van der Waals surface area (Å²) in [5.41, 5.74) is 1.95. The number of rotatable bonds is 6. The van der Waals surface area contributed by atoms with Crippen LogP contribution in [0.1, 0.15) is 16.3 Å². The summed E-state index contributed by atoms with van der Waals surface area (Å²) < 4.78 is 6.68. The number of hydrogen-bond donors (Lipinski definition) is 0. The Balaban J connectivity index is 1.56. The third-order valence-corrected chi connectivity index (χ3v) is 5.97. The normalized spacial score (nSPS) is 10.9. The van der Waals surface area contributed by atoms with Gasteiger partial charge in [0.1, 0.15) is 4.88 Å². The summed E-state index contributed by atoms with van der Waals surface area (Å²) in [4.78, 5) is 19.2. The summed E-state index contributed by atoms with van der Waals surface area (Å²) in [6, 6.07) is 7.91. The lowest BCUT2D eigenvalue weighted by molar-refractivity contribution is -0.127. The van der Waals surface area contributed by atoms with E-state index in [-0.39, 0.29) is 11.7 Å². The summed E-state index contributed by atoms with van der Waals surface area (Å²) in [6.45, 7) is 4.41. The number of carbonyl (C=O) groups excluding carboxylic acids is 1. The van der Waals surface area contributed by atoms with Crippen LogP contribution in [0.2, 0.25) is 0 Å². The van der Waals surface area contributed by atoms with E-state index >= 15 is 0 Å². The molecule has 0 unspecified atom stereocenters. The fourth-order valence-electron chi connectivity index (χ4n) is 2.28. The van der Waals surface area contributed by atoms with Crippen molar-refractivity contribution >= 4 is 44.9 Å². The van der Waals surface area contributed by atoms with Crippen LogP contribution in [0.4, 0.5) is 0 Å². The molecule has 0 aliphatic rings. The fraction of sp³-hybridized carbons (Fsp3) is 0.294. The van der Waals surface area contributed by atoms with E-state index in [0.29, 0.717) is 17.7 Å². The van der Waals surface area contributed by atoms with Crippen molar-refractivity contribution in [1.82, 2.24) is 20.1 Å². The van der Waals surface area contributed by atoms with Crippen LogP contribution in [0.3, 0.4) is 0 Å². The van der Waals surface area contributed by atoms with Gasteiger partial charge in [-0.05, 0) is 31.5 Å². The van der Waals surface area contributed by atoms with E-state index in [2.05, 4.69) is 31.1 Å². The molecule has 0 spiro atoms. The Labute approximate surface area is 168 Å². The molecule has 2 heterocycles. The monoisotopic (exact) mass is 452 g/mol. The lowest BCUT2D eigenvalue weighted by Gasteiger charge is -2.16. The van der Waals surface area contributed by atoms with Gasteiger partial charge >= 0.3 is 0 Å². The Morgan fingerprint density at radius 1 is 1.27 bits per heavy atom.